The van der Waals surface area contributed by atoms with Gasteiger partial charge in [-0.2, -0.15) is 0 Å². The number of hydrogen-bond acceptors (Lipinski definition) is 4. The molecule has 2 rings (SSSR count). The van der Waals surface area contributed by atoms with Gasteiger partial charge in [-0.25, -0.2) is 0 Å². The fraction of sp³-hybridized carbons (Fsp3) is 0.417. The third-order valence-electron chi connectivity index (χ3n) is 3.10. The highest BCUT2D eigenvalue weighted by Gasteiger charge is 2.21. The number of hydrogen-bond donors (Lipinski definition) is 2. The van der Waals surface area contributed by atoms with E-state index < -0.39 is 4.92 Å². The molecule has 102 valence electrons. The Kier molecular flexibility index (Phi) is 4.16. The zero-order chi connectivity index (χ0) is 14.0. The predicted molar refractivity (Wildman–Crippen MR) is 75.1 cm³/mol. The molecule has 0 spiro atoms. The highest BCUT2D eigenvalue weighted by atomic mass is 79.9. The van der Waals surface area contributed by atoms with Gasteiger partial charge >= 0.3 is 0 Å². The number of benzene rings is 1. The molecule has 0 bridgehead atoms. The van der Waals surface area contributed by atoms with E-state index in [1.165, 1.54) is 6.07 Å². The second-order valence-electron chi connectivity index (χ2n) is 4.65. The molecule has 1 heterocycles. The molecule has 6 nitrogen and oxygen atoms in total. The first-order valence-electron chi connectivity index (χ1n) is 5.92. The number of rotatable bonds is 4. The highest BCUT2D eigenvalue weighted by molar-refractivity contribution is 9.10. The van der Waals surface area contributed by atoms with Crippen molar-refractivity contribution >= 4 is 33.2 Å². The summed E-state index contributed by atoms with van der Waals surface area (Å²) in [6.45, 7) is 3.36. The first-order chi connectivity index (χ1) is 8.97. The average molecular weight is 328 g/mol. The molecule has 7 heteroatoms. The van der Waals surface area contributed by atoms with Crippen LogP contribution >= 0.6 is 15.9 Å². The van der Waals surface area contributed by atoms with Crippen molar-refractivity contribution in [1.29, 1.82) is 0 Å². The van der Waals surface area contributed by atoms with Gasteiger partial charge in [0.05, 0.1) is 10.6 Å². The van der Waals surface area contributed by atoms with Gasteiger partial charge < -0.3 is 10.6 Å². The molecular formula is C12H14BrN3O3. The Morgan fingerprint density at radius 2 is 2.26 bits per heavy atom. The van der Waals surface area contributed by atoms with Gasteiger partial charge in [-0.3, -0.25) is 14.9 Å². The van der Waals surface area contributed by atoms with Crippen molar-refractivity contribution in [2.24, 2.45) is 5.92 Å². The minimum absolute atomic E-state index is 0.00353. The first-order valence-corrected chi connectivity index (χ1v) is 6.71. The van der Waals surface area contributed by atoms with Crippen LogP contribution in [0.3, 0.4) is 0 Å². The van der Waals surface area contributed by atoms with Crippen LogP contribution in [0.4, 0.5) is 11.4 Å². The van der Waals surface area contributed by atoms with Crippen molar-refractivity contribution in [2.45, 2.75) is 13.3 Å². The van der Waals surface area contributed by atoms with E-state index in [4.69, 9.17) is 0 Å². The smallest absolute Gasteiger partial charge is 0.274 e. The van der Waals surface area contributed by atoms with Gasteiger partial charge in [0.2, 0.25) is 5.91 Å². The number of aryl methyl sites for hydroxylation is 1. The predicted octanol–water partition coefficient (Wildman–Crippen LogP) is 2.21. The van der Waals surface area contributed by atoms with Crippen molar-refractivity contribution < 1.29 is 9.72 Å². The number of nitrogens with zero attached hydrogens (tertiary/aromatic N) is 1. The Morgan fingerprint density at radius 3 is 2.79 bits per heavy atom. The van der Waals surface area contributed by atoms with Gasteiger partial charge in [0.25, 0.3) is 5.69 Å². The van der Waals surface area contributed by atoms with E-state index in [1.807, 2.05) is 0 Å². The van der Waals surface area contributed by atoms with Gasteiger partial charge in [0.1, 0.15) is 0 Å². The molecule has 0 aromatic heterocycles. The summed E-state index contributed by atoms with van der Waals surface area (Å²) in [5.74, 6) is 0.240. The van der Waals surface area contributed by atoms with Crippen molar-refractivity contribution in [3.05, 3.63) is 32.3 Å². The second kappa shape index (κ2) is 5.66. The number of amides is 1. The average Bonchev–Trinajstić information content (AvgIpc) is 2.27. The normalized spacial score (nSPS) is 14.8. The lowest BCUT2D eigenvalue weighted by Gasteiger charge is -2.26. The number of nitro benzene ring substituents is 1. The molecule has 1 aliphatic rings. The van der Waals surface area contributed by atoms with Crippen molar-refractivity contribution in [2.75, 3.05) is 18.4 Å². The van der Waals surface area contributed by atoms with Crippen LogP contribution in [0.15, 0.2) is 16.6 Å². The van der Waals surface area contributed by atoms with Crippen LogP contribution in [-0.4, -0.2) is 23.9 Å². The number of nitro groups is 1. The van der Waals surface area contributed by atoms with Crippen molar-refractivity contribution in [3.63, 3.8) is 0 Å². The summed E-state index contributed by atoms with van der Waals surface area (Å²) in [4.78, 5) is 22.2. The molecule has 19 heavy (non-hydrogen) atoms. The van der Waals surface area contributed by atoms with E-state index in [1.54, 1.807) is 13.0 Å². The third-order valence-corrected chi connectivity index (χ3v) is 3.75. The molecule has 0 saturated carbocycles. The van der Waals surface area contributed by atoms with Gasteiger partial charge in [0.15, 0.2) is 0 Å². The van der Waals surface area contributed by atoms with Gasteiger partial charge in [-0.15, -0.1) is 0 Å². The molecule has 1 aromatic rings. The van der Waals surface area contributed by atoms with E-state index in [9.17, 15) is 14.9 Å². The van der Waals surface area contributed by atoms with Crippen molar-refractivity contribution in [3.8, 4) is 0 Å². The van der Waals surface area contributed by atoms with Crippen LogP contribution in [0, 0.1) is 23.0 Å². The second-order valence-corrected chi connectivity index (χ2v) is 5.51. The quantitative estimate of drug-likeness (QED) is 0.656. The Morgan fingerprint density at radius 1 is 1.58 bits per heavy atom. The standard InChI is InChI=1S/C12H14BrN3O3/c1-7-2-9(13)10(4-11(7)16(18)19)15-12(17)3-8-5-14-6-8/h2,4,8,14H,3,5-6H2,1H3,(H,15,17). The van der Waals surface area contributed by atoms with Gasteiger partial charge in [-0.1, -0.05) is 0 Å². The third kappa shape index (κ3) is 3.30. The van der Waals surface area contributed by atoms with Gasteiger partial charge in [0, 0.05) is 22.5 Å². The summed E-state index contributed by atoms with van der Waals surface area (Å²) in [7, 11) is 0. The zero-order valence-corrected chi connectivity index (χ0v) is 12.0. The number of carbonyl (C=O) groups excluding carboxylic acids is 1. The maximum atomic E-state index is 11.8. The summed E-state index contributed by atoms with van der Waals surface area (Å²) in [5.41, 5.74) is 0.997. The van der Waals surface area contributed by atoms with Crippen LogP contribution in [0.25, 0.3) is 0 Å². The highest BCUT2D eigenvalue weighted by Crippen LogP contribution is 2.30. The maximum Gasteiger partial charge on any atom is 0.274 e. The van der Waals surface area contributed by atoms with E-state index in [2.05, 4.69) is 26.6 Å². The summed E-state index contributed by atoms with van der Waals surface area (Å²) >= 11 is 3.31. The molecule has 0 aliphatic carbocycles. The maximum absolute atomic E-state index is 11.8. The Hall–Kier alpha value is -1.47. The van der Waals surface area contributed by atoms with E-state index in [0.29, 0.717) is 28.1 Å². The first kappa shape index (κ1) is 14.0. The number of halogens is 1. The topological polar surface area (TPSA) is 84.3 Å². The van der Waals surface area contributed by atoms with Crippen LogP contribution in [0.2, 0.25) is 0 Å². The van der Waals surface area contributed by atoms with Crippen molar-refractivity contribution in [1.82, 2.24) is 5.32 Å². The summed E-state index contributed by atoms with van der Waals surface area (Å²) < 4.78 is 0.649. The lowest BCUT2D eigenvalue weighted by Crippen LogP contribution is -2.43. The van der Waals surface area contributed by atoms with Crippen LogP contribution in [0.1, 0.15) is 12.0 Å². The largest absolute Gasteiger partial charge is 0.325 e. The zero-order valence-electron chi connectivity index (χ0n) is 10.4. The Bertz CT molecular complexity index is 529. The lowest BCUT2D eigenvalue weighted by atomic mass is 9.99. The molecule has 0 radical (unpaired) electrons. The number of nitrogens with one attached hydrogen (secondary N) is 2. The van der Waals surface area contributed by atoms with Gasteiger partial charge in [-0.05, 0) is 47.9 Å². The fourth-order valence-corrected chi connectivity index (χ4v) is 2.47. The molecule has 2 N–H and O–H groups in total. The molecule has 0 atom stereocenters. The summed E-state index contributed by atoms with van der Waals surface area (Å²) in [6, 6.07) is 3.02. The van der Waals surface area contributed by atoms with Crippen LogP contribution in [-0.2, 0) is 4.79 Å². The molecule has 1 saturated heterocycles. The van der Waals surface area contributed by atoms with E-state index >= 15 is 0 Å². The lowest BCUT2D eigenvalue weighted by molar-refractivity contribution is -0.385. The number of carbonyl (C=O) groups is 1. The van der Waals surface area contributed by atoms with Crippen LogP contribution in [0.5, 0.6) is 0 Å². The van der Waals surface area contributed by atoms with Crippen LogP contribution < -0.4 is 10.6 Å². The Labute approximate surface area is 118 Å². The SMILES string of the molecule is Cc1cc(Br)c(NC(=O)CC2CNC2)cc1[N+](=O)[O-]. The number of anilines is 1. The minimum atomic E-state index is -0.451. The minimum Gasteiger partial charge on any atom is -0.325 e. The molecule has 1 aromatic carbocycles. The molecule has 1 amide bonds. The van der Waals surface area contributed by atoms with E-state index in [-0.39, 0.29) is 11.6 Å². The fourth-order valence-electron chi connectivity index (χ4n) is 1.91. The molecule has 1 fully saturated rings. The Balaban J connectivity index is 2.12. The molecular weight excluding hydrogens is 314 g/mol. The molecule has 1 aliphatic heterocycles. The summed E-state index contributed by atoms with van der Waals surface area (Å²) in [5, 5.41) is 16.7. The monoisotopic (exact) mass is 327 g/mol. The molecule has 0 unspecified atom stereocenters. The summed E-state index contributed by atoms with van der Waals surface area (Å²) in [6.07, 6.45) is 0.432. The van der Waals surface area contributed by atoms with E-state index in [0.717, 1.165) is 13.1 Å².